The molecule has 1 unspecified atom stereocenters. The Morgan fingerprint density at radius 2 is 2.04 bits per heavy atom. The molecule has 1 atom stereocenters. The molecule has 1 saturated heterocycles. The van der Waals surface area contributed by atoms with Gasteiger partial charge in [-0.1, -0.05) is 0 Å². The highest BCUT2D eigenvalue weighted by molar-refractivity contribution is 5.53. The van der Waals surface area contributed by atoms with Crippen molar-refractivity contribution in [2.24, 2.45) is 0 Å². The van der Waals surface area contributed by atoms with E-state index in [1.54, 1.807) is 12.1 Å². The van der Waals surface area contributed by atoms with Gasteiger partial charge in [-0.3, -0.25) is 5.10 Å². The van der Waals surface area contributed by atoms with Crippen molar-refractivity contribution >= 4 is 5.69 Å². The summed E-state index contributed by atoms with van der Waals surface area (Å²) in [6.07, 6.45) is 3.17. The first-order chi connectivity index (χ1) is 11.5. The van der Waals surface area contributed by atoms with E-state index >= 15 is 0 Å². The average Bonchev–Trinajstić information content (AvgIpc) is 2.93. The van der Waals surface area contributed by atoms with Crippen LogP contribution in [0.5, 0.6) is 0 Å². The van der Waals surface area contributed by atoms with E-state index in [2.05, 4.69) is 33.4 Å². The molecule has 3 rings (SSSR count). The third-order valence-electron chi connectivity index (χ3n) is 4.79. The minimum Gasteiger partial charge on any atom is -0.371 e. The van der Waals surface area contributed by atoms with Gasteiger partial charge in [-0.15, -0.1) is 0 Å². The molecule has 1 aromatic heterocycles. The van der Waals surface area contributed by atoms with E-state index in [1.165, 1.54) is 0 Å². The Morgan fingerprint density at radius 3 is 2.67 bits per heavy atom. The SMILES string of the molecule is Cc1cc(CC(C)NC2CCN(c3ccc(F)cc3C)CC2)n[nH]1. The Morgan fingerprint density at radius 1 is 1.29 bits per heavy atom. The second-order valence-electron chi connectivity index (χ2n) is 7.01. The maximum Gasteiger partial charge on any atom is 0.123 e. The van der Waals surface area contributed by atoms with Gasteiger partial charge in [0, 0.05) is 43.0 Å². The Hall–Kier alpha value is -1.88. The molecule has 0 amide bonds. The van der Waals surface area contributed by atoms with Crippen LogP contribution in [0.15, 0.2) is 24.3 Å². The van der Waals surface area contributed by atoms with Crippen molar-refractivity contribution in [2.45, 2.75) is 52.1 Å². The minimum absolute atomic E-state index is 0.157. The smallest absolute Gasteiger partial charge is 0.123 e. The summed E-state index contributed by atoms with van der Waals surface area (Å²) in [7, 11) is 0. The lowest BCUT2D eigenvalue weighted by Crippen LogP contribution is -2.46. The monoisotopic (exact) mass is 330 g/mol. The number of nitrogens with one attached hydrogen (secondary N) is 2. The maximum absolute atomic E-state index is 13.3. The van der Waals surface area contributed by atoms with Crippen molar-refractivity contribution in [3.8, 4) is 0 Å². The van der Waals surface area contributed by atoms with Crippen LogP contribution < -0.4 is 10.2 Å². The maximum atomic E-state index is 13.3. The molecule has 5 heteroatoms. The molecule has 1 aromatic carbocycles. The number of hydrogen-bond acceptors (Lipinski definition) is 3. The molecule has 1 fully saturated rings. The van der Waals surface area contributed by atoms with E-state index < -0.39 is 0 Å². The normalized spacial score (nSPS) is 17.2. The standard InChI is InChI=1S/C19H27FN4/c1-13-10-16(20)4-5-19(13)24-8-6-17(7-9-24)21-14(2)11-18-12-15(3)22-23-18/h4-5,10,12,14,17,21H,6-9,11H2,1-3H3,(H,22,23). The quantitative estimate of drug-likeness (QED) is 0.883. The van der Waals surface area contributed by atoms with Crippen LogP contribution in [0.4, 0.5) is 10.1 Å². The molecule has 0 spiro atoms. The molecular weight excluding hydrogens is 303 g/mol. The third kappa shape index (κ3) is 4.15. The highest BCUT2D eigenvalue weighted by Gasteiger charge is 2.22. The number of halogens is 1. The van der Waals surface area contributed by atoms with Gasteiger partial charge in [-0.25, -0.2) is 4.39 Å². The molecule has 2 heterocycles. The first kappa shape index (κ1) is 17.0. The zero-order chi connectivity index (χ0) is 17.1. The zero-order valence-electron chi connectivity index (χ0n) is 14.8. The van der Waals surface area contributed by atoms with Gasteiger partial charge in [0.05, 0.1) is 5.69 Å². The molecule has 24 heavy (non-hydrogen) atoms. The van der Waals surface area contributed by atoms with E-state index in [0.717, 1.165) is 55.0 Å². The number of aryl methyl sites for hydroxylation is 2. The van der Waals surface area contributed by atoms with Crippen LogP contribution in [0.3, 0.4) is 0 Å². The number of rotatable bonds is 5. The van der Waals surface area contributed by atoms with Gasteiger partial charge in [-0.05, 0) is 63.4 Å². The highest BCUT2D eigenvalue weighted by Crippen LogP contribution is 2.24. The Kier molecular flexibility index (Phi) is 5.19. The molecular formula is C19H27FN4. The van der Waals surface area contributed by atoms with Crippen molar-refractivity contribution in [3.05, 3.63) is 47.0 Å². The van der Waals surface area contributed by atoms with E-state index in [9.17, 15) is 4.39 Å². The summed E-state index contributed by atoms with van der Waals surface area (Å²) >= 11 is 0. The van der Waals surface area contributed by atoms with Crippen LogP contribution in [0, 0.1) is 19.7 Å². The van der Waals surface area contributed by atoms with Gasteiger partial charge in [0.25, 0.3) is 0 Å². The van der Waals surface area contributed by atoms with Crippen LogP contribution in [-0.4, -0.2) is 35.4 Å². The highest BCUT2D eigenvalue weighted by atomic mass is 19.1. The fourth-order valence-corrected chi connectivity index (χ4v) is 3.61. The van der Waals surface area contributed by atoms with E-state index in [0.29, 0.717) is 12.1 Å². The molecule has 0 saturated carbocycles. The van der Waals surface area contributed by atoms with Gasteiger partial charge in [-0.2, -0.15) is 5.10 Å². The summed E-state index contributed by atoms with van der Waals surface area (Å²) in [6.45, 7) is 8.26. The summed E-state index contributed by atoms with van der Waals surface area (Å²) in [5, 5.41) is 11.0. The minimum atomic E-state index is -0.157. The predicted octanol–water partition coefficient (Wildman–Crippen LogP) is 3.36. The van der Waals surface area contributed by atoms with Crippen LogP contribution >= 0.6 is 0 Å². The van der Waals surface area contributed by atoms with E-state index in [4.69, 9.17) is 0 Å². The molecule has 4 nitrogen and oxygen atoms in total. The van der Waals surface area contributed by atoms with Gasteiger partial charge in [0.15, 0.2) is 0 Å². The number of piperidine rings is 1. The summed E-state index contributed by atoms with van der Waals surface area (Å²) in [5.74, 6) is -0.157. The van der Waals surface area contributed by atoms with Gasteiger partial charge in [0.1, 0.15) is 5.82 Å². The number of hydrogen-bond donors (Lipinski definition) is 2. The average molecular weight is 330 g/mol. The van der Waals surface area contributed by atoms with Crippen molar-refractivity contribution < 1.29 is 4.39 Å². The first-order valence-electron chi connectivity index (χ1n) is 8.79. The van der Waals surface area contributed by atoms with Crippen molar-refractivity contribution in [2.75, 3.05) is 18.0 Å². The predicted molar refractivity (Wildman–Crippen MR) is 96.0 cm³/mol. The first-order valence-corrected chi connectivity index (χ1v) is 8.79. The lowest BCUT2D eigenvalue weighted by molar-refractivity contribution is 0.374. The van der Waals surface area contributed by atoms with Crippen LogP contribution in [0.2, 0.25) is 0 Å². The van der Waals surface area contributed by atoms with Crippen LogP contribution in [0.1, 0.15) is 36.7 Å². The number of aromatic nitrogens is 2. The van der Waals surface area contributed by atoms with Crippen molar-refractivity contribution in [1.29, 1.82) is 0 Å². The molecule has 0 bridgehead atoms. The molecule has 130 valence electrons. The zero-order valence-corrected chi connectivity index (χ0v) is 14.8. The van der Waals surface area contributed by atoms with Crippen LogP contribution in [0.25, 0.3) is 0 Å². The Labute approximate surface area is 143 Å². The fourth-order valence-electron chi connectivity index (χ4n) is 3.61. The number of benzene rings is 1. The second kappa shape index (κ2) is 7.34. The van der Waals surface area contributed by atoms with Gasteiger partial charge in [0.2, 0.25) is 0 Å². The number of anilines is 1. The lowest BCUT2D eigenvalue weighted by atomic mass is 10.0. The van der Waals surface area contributed by atoms with Crippen molar-refractivity contribution in [1.82, 2.24) is 15.5 Å². The number of H-pyrrole nitrogens is 1. The summed E-state index contributed by atoms with van der Waals surface area (Å²) < 4.78 is 13.3. The molecule has 2 N–H and O–H groups in total. The second-order valence-corrected chi connectivity index (χ2v) is 7.01. The lowest BCUT2D eigenvalue weighted by Gasteiger charge is -2.36. The largest absolute Gasteiger partial charge is 0.371 e. The summed E-state index contributed by atoms with van der Waals surface area (Å²) in [4.78, 5) is 2.37. The Balaban J connectivity index is 1.49. The number of aromatic amines is 1. The topological polar surface area (TPSA) is 44.0 Å². The number of nitrogens with zero attached hydrogens (tertiary/aromatic N) is 2. The van der Waals surface area contributed by atoms with E-state index in [1.807, 2.05) is 19.9 Å². The van der Waals surface area contributed by atoms with Gasteiger partial charge < -0.3 is 10.2 Å². The van der Waals surface area contributed by atoms with E-state index in [-0.39, 0.29) is 5.82 Å². The molecule has 0 radical (unpaired) electrons. The molecule has 2 aromatic rings. The van der Waals surface area contributed by atoms with Gasteiger partial charge >= 0.3 is 0 Å². The summed E-state index contributed by atoms with van der Waals surface area (Å²) in [6, 6.07) is 8.14. The van der Waals surface area contributed by atoms with Crippen LogP contribution in [-0.2, 0) is 6.42 Å². The molecule has 0 aliphatic carbocycles. The summed E-state index contributed by atoms with van der Waals surface area (Å²) in [5.41, 5.74) is 4.41. The van der Waals surface area contributed by atoms with Crippen molar-refractivity contribution in [3.63, 3.8) is 0 Å². The third-order valence-corrected chi connectivity index (χ3v) is 4.79. The Bertz CT molecular complexity index is 674. The fraction of sp³-hybridized carbons (Fsp3) is 0.526. The molecule has 1 aliphatic rings. The molecule has 1 aliphatic heterocycles.